The fraction of sp³-hybridized carbons (Fsp3) is 0.111. The maximum Gasteiger partial charge on any atom is 0.335 e. The normalized spacial score (nSPS) is 11.7. The van der Waals surface area contributed by atoms with Crippen molar-refractivity contribution in [2.45, 2.75) is 19.4 Å². The van der Waals surface area contributed by atoms with Gasteiger partial charge in [0.25, 0.3) is 0 Å². The summed E-state index contributed by atoms with van der Waals surface area (Å²) in [7, 11) is 0. The first-order valence-corrected chi connectivity index (χ1v) is 10.2. The van der Waals surface area contributed by atoms with Crippen LogP contribution in [0.4, 0.5) is 0 Å². The molecule has 3 aromatic rings. The lowest BCUT2D eigenvalue weighted by molar-refractivity contribution is -0.129. The van der Waals surface area contributed by atoms with Gasteiger partial charge in [-0.25, -0.2) is 9.59 Å². The molecule has 160 valence electrons. The molecule has 1 aliphatic rings. The van der Waals surface area contributed by atoms with Crippen LogP contribution in [0.15, 0.2) is 79.9 Å². The molecule has 5 nitrogen and oxygen atoms in total. The molecule has 0 unspecified atom stereocenters. The van der Waals surface area contributed by atoms with Crippen molar-refractivity contribution in [3.63, 3.8) is 0 Å². The molecule has 3 aromatic carbocycles. The monoisotopic (exact) mass is 426 g/mol. The maximum absolute atomic E-state index is 11.5. The molecule has 0 atom stereocenters. The maximum atomic E-state index is 11.5. The van der Waals surface area contributed by atoms with Crippen molar-refractivity contribution in [2.24, 2.45) is 0 Å². The second kappa shape index (κ2) is 9.04. The molecule has 0 saturated heterocycles. The molecule has 4 rings (SSSR count). The Hall–Kier alpha value is -3.96. The summed E-state index contributed by atoms with van der Waals surface area (Å²) in [5.41, 5.74) is 7.12. The minimum absolute atomic E-state index is 0.180. The lowest BCUT2D eigenvalue weighted by Gasteiger charge is -2.22. The van der Waals surface area contributed by atoms with E-state index in [1.807, 2.05) is 24.3 Å². The average Bonchev–Trinajstić information content (AvgIpc) is 2.83. The van der Waals surface area contributed by atoms with Crippen molar-refractivity contribution >= 4 is 11.9 Å². The van der Waals surface area contributed by atoms with Gasteiger partial charge in [-0.15, -0.1) is 0 Å². The molecule has 1 aliphatic carbocycles. The van der Waals surface area contributed by atoms with Crippen molar-refractivity contribution in [1.82, 2.24) is 0 Å². The predicted octanol–water partition coefficient (Wildman–Crippen LogP) is 4.79. The Morgan fingerprint density at radius 1 is 0.781 bits per heavy atom. The van der Waals surface area contributed by atoms with Gasteiger partial charge in [-0.2, -0.15) is 0 Å². The van der Waals surface area contributed by atoms with Crippen LogP contribution in [0.25, 0.3) is 22.3 Å². The van der Waals surface area contributed by atoms with E-state index in [0.717, 1.165) is 52.8 Å². The van der Waals surface area contributed by atoms with Crippen LogP contribution in [0.2, 0.25) is 0 Å². The van der Waals surface area contributed by atoms with E-state index >= 15 is 0 Å². The van der Waals surface area contributed by atoms with E-state index in [9.17, 15) is 14.7 Å². The van der Waals surface area contributed by atoms with Gasteiger partial charge in [0.15, 0.2) is 0 Å². The number of ether oxygens (including phenoxy) is 2. The first-order chi connectivity index (χ1) is 15.5. The fourth-order valence-corrected chi connectivity index (χ4v) is 3.96. The first kappa shape index (κ1) is 21.3. The predicted molar refractivity (Wildman–Crippen MR) is 122 cm³/mol. The zero-order valence-corrected chi connectivity index (χ0v) is 17.5. The van der Waals surface area contributed by atoms with Crippen LogP contribution in [0.1, 0.15) is 16.7 Å². The number of rotatable bonds is 6. The Morgan fingerprint density at radius 3 is 1.91 bits per heavy atom. The third-order valence-corrected chi connectivity index (χ3v) is 5.46. The number of carbonyl (C=O) groups is 2. The highest BCUT2D eigenvalue weighted by molar-refractivity contribution is 5.85. The molecule has 0 aromatic heterocycles. The van der Waals surface area contributed by atoms with Crippen LogP contribution in [-0.4, -0.2) is 17.0 Å². The van der Waals surface area contributed by atoms with Crippen molar-refractivity contribution < 1.29 is 24.2 Å². The quantitative estimate of drug-likeness (QED) is 0.348. The number of carbonyl (C=O) groups excluding carboxylic acids is 2. The number of esters is 2. The van der Waals surface area contributed by atoms with E-state index in [1.165, 1.54) is 5.56 Å². The molecular formula is C27H22O5. The number of aliphatic hydroxyl groups is 1. The lowest BCUT2D eigenvalue weighted by Crippen LogP contribution is -2.07. The van der Waals surface area contributed by atoms with Crippen molar-refractivity contribution in [2.75, 3.05) is 0 Å². The van der Waals surface area contributed by atoms with E-state index in [2.05, 4.69) is 25.3 Å². The Bertz CT molecular complexity index is 1240. The van der Waals surface area contributed by atoms with Crippen molar-refractivity contribution in [3.05, 3.63) is 96.6 Å². The highest BCUT2D eigenvalue weighted by atomic mass is 16.5. The molecule has 32 heavy (non-hydrogen) atoms. The van der Waals surface area contributed by atoms with E-state index in [4.69, 9.17) is 9.47 Å². The van der Waals surface area contributed by atoms with E-state index in [0.29, 0.717) is 17.1 Å². The van der Waals surface area contributed by atoms with Gasteiger partial charge in [0.05, 0.1) is 6.61 Å². The van der Waals surface area contributed by atoms with Gasteiger partial charge in [0, 0.05) is 12.2 Å². The highest BCUT2D eigenvalue weighted by Gasteiger charge is 2.18. The zero-order chi connectivity index (χ0) is 22.7. The second-order valence-electron chi connectivity index (χ2n) is 7.42. The Balaban J connectivity index is 1.66. The molecule has 0 saturated carbocycles. The third-order valence-electron chi connectivity index (χ3n) is 5.46. The smallest absolute Gasteiger partial charge is 0.335 e. The molecular weight excluding hydrogens is 404 g/mol. The topological polar surface area (TPSA) is 72.8 Å². The third kappa shape index (κ3) is 4.24. The van der Waals surface area contributed by atoms with Crippen LogP contribution >= 0.6 is 0 Å². The van der Waals surface area contributed by atoms with Crippen LogP contribution in [-0.2, 0) is 29.0 Å². The summed E-state index contributed by atoms with van der Waals surface area (Å²) >= 11 is 0. The minimum Gasteiger partial charge on any atom is -0.423 e. The molecule has 0 heterocycles. The minimum atomic E-state index is -0.545. The number of benzene rings is 3. The molecule has 0 fully saturated rings. The number of fused-ring (bicyclic) bond motifs is 3. The largest absolute Gasteiger partial charge is 0.423 e. The van der Waals surface area contributed by atoms with Crippen molar-refractivity contribution in [1.29, 1.82) is 0 Å². The summed E-state index contributed by atoms with van der Waals surface area (Å²) in [5, 5.41) is 9.87. The Labute approximate surface area is 186 Å². The first-order valence-electron chi connectivity index (χ1n) is 10.2. The van der Waals surface area contributed by atoms with Gasteiger partial charge in [0.1, 0.15) is 11.5 Å². The standard InChI is InChI=1S/C27H22O5/c1-3-26(29)31-21-9-12-25-19(14-21)6-5-18-13-17(7-10-24(18)25)23-11-8-22(15-20(23)16-28)32-27(30)4-2/h3-4,7-15,28H,1-2,5-6,16H2. The molecule has 0 spiro atoms. The zero-order valence-electron chi connectivity index (χ0n) is 17.5. The fourth-order valence-electron chi connectivity index (χ4n) is 3.96. The number of hydrogen-bond acceptors (Lipinski definition) is 5. The number of aryl methyl sites for hydroxylation is 2. The van der Waals surface area contributed by atoms with Gasteiger partial charge in [-0.05, 0) is 76.1 Å². The Kier molecular flexibility index (Phi) is 6.01. The summed E-state index contributed by atoms with van der Waals surface area (Å²) in [5.74, 6) is -0.145. The van der Waals surface area contributed by atoms with E-state index in [1.54, 1.807) is 18.2 Å². The summed E-state index contributed by atoms with van der Waals surface area (Å²) in [6.07, 6.45) is 3.92. The lowest BCUT2D eigenvalue weighted by atomic mass is 9.83. The van der Waals surface area contributed by atoms with Gasteiger partial charge >= 0.3 is 11.9 Å². The summed E-state index contributed by atoms with van der Waals surface area (Å²) in [6.45, 7) is 6.64. The van der Waals surface area contributed by atoms with Gasteiger partial charge in [-0.1, -0.05) is 43.5 Å². The molecule has 0 amide bonds. The molecule has 0 radical (unpaired) electrons. The van der Waals surface area contributed by atoms with Crippen LogP contribution in [0.3, 0.4) is 0 Å². The van der Waals surface area contributed by atoms with Crippen molar-refractivity contribution in [3.8, 4) is 33.8 Å². The second-order valence-corrected chi connectivity index (χ2v) is 7.42. The van der Waals surface area contributed by atoms with Crippen LogP contribution < -0.4 is 9.47 Å². The highest BCUT2D eigenvalue weighted by Crippen LogP contribution is 2.38. The van der Waals surface area contributed by atoms with E-state index in [-0.39, 0.29) is 6.61 Å². The number of hydrogen-bond donors (Lipinski definition) is 1. The van der Waals surface area contributed by atoms with Crippen LogP contribution in [0, 0.1) is 0 Å². The van der Waals surface area contributed by atoms with E-state index < -0.39 is 11.9 Å². The average molecular weight is 426 g/mol. The molecule has 1 N–H and O–H groups in total. The van der Waals surface area contributed by atoms with Gasteiger partial charge < -0.3 is 14.6 Å². The van der Waals surface area contributed by atoms with Crippen LogP contribution in [0.5, 0.6) is 11.5 Å². The summed E-state index contributed by atoms with van der Waals surface area (Å²) < 4.78 is 10.4. The summed E-state index contributed by atoms with van der Waals surface area (Å²) in [6, 6.07) is 17.1. The van der Waals surface area contributed by atoms with Gasteiger partial charge in [-0.3, -0.25) is 0 Å². The number of aliphatic hydroxyl groups excluding tert-OH is 1. The molecule has 0 aliphatic heterocycles. The molecule has 5 heteroatoms. The SMILES string of the molecule is C=CC(=O)Oc1ccc(-c2ccc3c(c2)CCc2cc(OC(=O)C=C)ccc2-3)c(CO)c1. The Morgan fingerprint density at radius 2 is 1.31 bits per heavy atom. The molecule has 0 bridgehead atoms. The van der Waals surface area contributed by atoms with Gasteiger partial charge in [0.2, 0.25) is 0 Å². The summed E-state index contributed by atoms with van der Waals surface area (Å²) in [4.78, 5) is 22.9.